The highest BCUT2D eigenvalue weighted by molar-refractivity contribution is 6.42. The summed E-state index contributed by atoms with van der Waals surface area (Å²) in [7, 11) is 0. The summed E-state index contributed by atoms with van der Waals surface area (Å²) in [4.78, 5) is 0. The molecule has 0 unspecified atom stereocenters. The maximum atomic E-state index is 14.5. The van der Waals surface area contributed by atoms with E-state index in [0.29, 0.717) is 27.7 Å². The minimum Gasteiger partial charge on any atom is -0.257 e. The summed E-state index contributed by atoms with van der Waals surface area (Å²) in [5, 5.41) is 7.25. The number of anilines is 1. The van der Waals surface area contributed by atoms with E-state index in [0.717, 1.165) is 11.3 Å². The number of hydrogen-bond acceptors (Lipinski definition) is 2. The van der Waals surface area contributed by atoms with Crippen molar-refractivity contribution in [3.8, 4) is 0 Å². The van der Waals surface area contributed by atoms with Crippen LogP contribution in [-0.2, 0) is 0 Å². The van der Waals surface area contributed by atoms with Crippen molar-refractivity contribution in [3.05, 3.63) is 99.5 Å². The van der Waals surface area contributed by atoms with Crippen LogP contribution in [0, 0.1) is 11.6 Å². The molecule has 3 aromatic rings. The van der Waals surface area contributed by atoms with E-state index in [1.807, 2.05) is 0 Å². The lowest BCUT2D eigenvalue weighted by Gasteiger charge is -2.24. The van der Waals surface area contributed by atoms with Crippen molar-refractivity contribution in [1.29, 1.82) is 0 Å². The Hall–Kier alpha value is -2.43. The lowest BCUT2D eigenvalue weighted by atomic mass is 9.98. The maximum absolute atomic E-state index is 14.5. The molecule has 2 nitrogen and oxygen atoms in total. The van der Waals surface area contributed by atoms with Gasteiger partial charge in [-0.05, 0) is 42.0 Å². The molecule has 0 aromatic heterocycles. The van der Waals surface area contributed by atoms with Crippen LogP contribution in [-0.4, -0.2) is 5.71 Å². The van der Waals surface area contributed by atoms with Crippen LogP contribution in [0.4, 0.5) is 14.5 Å². The normalized spacial score (nSPS) is 16.5. The summed E-state index contributed by atoms with van der Waals surface area (Å²) < 4.78 is 27.7. The average Bonchev–Trinajstić information content (AvgIpc) is 3.10. The lowest BCUT2D eigenvalue weighted by Crippen LogP contribution is -2.19. The molecule has 0 bridgehead atoms. The average molecular weight is 403 g/mol. The second-order valence-corrected chi connectivity index (χ2v) is 7.05. The minimum atomic E-state index is -0.344. The van der Waals surface area contributed by atoms with E-state index in [4.69, 9.17) is 23.2 Å². The molecule has 0 fully saturated rings. The highest BCUT2D eigenvalue weighted by Gasteiger charge is 2.31. The fraction of sp³-hybridized carbons (Fsp3) is 0.0952. The monoisotopic (exact) mass is 402 g/mol. The Labute approximate surface area is 165 Å². The largest absolute Gasteiger partial charge is 0.257 e. The smallest absolute Gasteiger partial charge is 0.128 e. The zero-order valence-corrected chi connectivity index (χ0v) is 15.6. The van der Waals surface area contributed by atoms with Gasteiger partial charge in [0.2, 0.25) is 0 Å². The topological polar surface area (TPSA) is 15.6 Å². The highest BCUT2D eigenvalue weighted by Crippen LogP contribution is 2.39. The summed E-state index contributed by atoms with van der Waals surface area (Å²) in [6.45, 7) is 0. The lowest BCUT2D eigenvalue weighted by molar-refractivity contribution is 0.579. The number of rotatable bonds is 3. The Morgan fingerprint density at radius 1 is 0.889 bits per heavy atom. The number of benzene rings is 3. The second kappa shape index (κ2) is 7.29. The molecular formula is C21H14Cl2F2N2. The molecule has 0 N–H and O–H groups in total. The van der Waals surface area contributed by atoms with E-state index in [9.17, 15) is 8.78 Å². The third-order valence-corrected chi connectivity index (χ3v) is 5.26. The molecule has 1 heterocycles. The van der Waals surface area contributed by atoms with E-state index in [-0.39, 0.29) is 17.7 Å². The second-order valence-electron chi connectivity index (χ2n) is 6.24. The summed E-state index contributed by atoms with van der Waals surface area (Å²) in [5.41, 5.74) is 2.77. The Bertz CT molecular complexity index is 1020. The van der Waals surface area contributed by atoms with Crippen molar-refractivity contribution in [1.82, 2.24) is 0 Å². The molecule has 4 rings (SSSR count). The Kier molecular flexibility index (Phi) is 4.85. The number of nitrogens with zero attached hydrogens (tertiary/aromatic N) is 2. The van der Waals surface area contributed by atoms with Crippen LogP contribution in [0.3, 0.4) is 0 Å². The Balaban J connectivity index is 1.79. The zero-order chi connectivity index (χ0) is 19.0. The molecule has 6 heteroatoms. The molecule has 0 spiro atoms. The molecule has 3 aromatic carbocycles. The van der Waals surface area contributed by atoms with Crippen LogP contribution in [0.15, 0.2) is 71.8 Å². The van der Waals surface area contributed by atoms with Gasteiger partial charge in [-0.15, -0.1) is 0 Å². The number of hydrazone groups is 1. The molecule has 1 aliphatic rings. The van der Waals surface area contributed by atoms with Crippen LogP contribution < -0.4 is 5.01 Å². The van der Waals surface area contributed by atoms with Crippen LogP contribution in [0.1, 0.15) is 23.6 Å². The van der Waals surface area contributed by atoms with Gasteiger partial charge in [-0.3, -0.25) is 5.01 Å². The fourth-order valence-corrected chi connectivity index (χ4v) is 3.47. The van der Waals surface area contributed by atoms with Crippen LogP contribution >= 0.6 is 23.2 Å². The zero-order valence-electron chi connectivity index (χ0n) is 14.0. The predicted octanol–water partition coefficient (Wildman–Crippen LogP) is 6.63. The Morgan fingerprint density at radius 2 is 1.63 bits per heavy atom. The van der Waals surface area contributed by atoms with Crippen molar-refractivity contribution in [2.75, 3.05) is 5.01 Å². The van der Waals surface area contributed by atoms with Crippen molar-refractivity contribution < 1.29 is 8.78 Å². The molecule has 136 valence electrons. The van der Waals surface area contributed by atoms with Gasteiger partial charge in [0.05, 0.1) is 27.5 Å². The molecule has 1 atom stereocenters. The van der Waals surface area contributed by atoms with Crippen LogP contribution in [0.5, 0.6) is 0 Å². The SMILES string of the molecule is Fc1ccc(C2=NN(c3ccc(Cl)c(Cl)c3)[C@@H](c3ccccc3F)C2)cc1. The van der Waals surface area contributed by atoms with Gasteiger partial charge in [-0.2, -0.15) is 5.10 Å². The third kappa shape index (κ3) is 3.55. The first-order valence-electron chi connectivity index (χ1n) is 8.35. The van der Waals surface area contributed by atoms with Gasteiger partial charge in [0, 0.05) is 12.0 Å². The van der Waals surface area contributed by atoms with Gasteiger partial charge in [0.15, 0.2) is 0 Å². The molecule has 0 aliphatic carbocycles. The molecule has 0 radical (unpaired) electrons. The first-order chi connectivity index (χ1) is 13.0. The first kappa shape index (κ1) is 18.0. The fourth-order valence-electron chi connectivity index (χ4n) is 3.18. The Morgan fingerprint density at radius 3 is 2.33 bits per heavy atom. The van der Waals surface area contributed by atoms with E-state index in [2.05, 4.69) is 5.10 Å². The van der Waals surface area contributed by atoms with E-state index in [1.165, 1.54) is 18.2 Å². The summed E-state index contributed by atoms with van der Waals surface area (Å²) in [6.07, 6.45) is 0.479. The quantitative estimate of drug-likeness (QED) is 0.480. The van der Waals surface area contributed by atoms with Crippen LogP contribution in [0.2, 0.25) is 10.0 Å². The van der Waals surface area contributed by atoms with E-state index in [1.54, 1.807) is 53.5 Å². The maximum Gasteiger partial charge on any atom is 0.128 e. The molecular weight excluding hydrogens is 389 g/mol. The van der Waals surface area contributed by atoms with Gasteiger partial charge in [-0.1, -0.05) is 53.5 Å². The van der Waals surface area contributed by atoms with Gasteiger partial charge in [0.1, 0.15) is 11.6 Å². The van der Waals surface area contributed by atoms with Gasteiger partial charge in [0.25, 0.3) is 0 Å². The van der Waals surface area contributed by atoms with Crippen molar-refractivity contribution in [3.63, 3.8) is 0 Å². The summed E-state index contributed by atoms with van der Waals surface area (Å²) >= 11 is 12.2. The summed E-state index contributed by atoms with van der Waals surface area (Å²) in [5.74, 6) is -0.618. The van der Waals surface area contributed by atoms with Gasteiger partial charge >= 0.3 is 0 Å². The van der Waals surface area contributed by atoms with Crippen molar-refractivity contribution in [2.45, 2.75) is 12.5 Å². The molecule has 0 saturated heterocycles. The van der Waals surface area contributed by atoms with E-state index < -0.39 is 0 Å². The third-order valence-electron chi connectivity index (χ3n) is 4.52. The van der Waals surface area contributed by atoms with Gasteiger partial charge in [-0.25, -0.2) is 8.78 Å². The molecule has 0 saturated carbocycles. The van der Waals surface area contributed by atoms with Crippen molar-refractivity contribution >= 4 is 34.6 Å². The number of hydrogen-bond donors (Lipinski definition) is 0. The molecule has 1 aliphatic heterocycles. The summed E-state index contributed by atoms with van der Waals surface area (Å²) in [6, 6.07) is 17.6. The molecule has 0 amide bonds. The first-order valence-corrected chi connectivity index (χ1v) is 9.10. The van der Waals surface area contributed by atoms with E-state index >= 15 is 0 Å². The van der Waals surface area contributed by atoms with Crippen molar-refractivity contribution in [2.24, 2.45) is 5.10 Å². The molecule has 27 heavy (non-hydrogen) atoms. The highest BCUT2D eigenvalue weighted by atomic mass is 35.5. The number of halogens is 4. The van der Waals surface area contributed by atoms with Crippen LogP contribution in [0.25, 0.3) is 0 Å². The van der Waals surface area contributed by atoms with Gasteiger partial charge < -0.3 is 0 Å². The standard InChI is InChI=1S/C21H14Cl2F2N2/c22-17-10-9-15(11-18(17)23)27-21(16-3-1-2-4-19(16)25)12-20(26-27)13-5-7-14(24)8-6-13/h1-11,21H,12H2/t21-/m1/s1. The predicted molar refractivity (Wildman–Crippen MR) is 106 cm³/mol. The minimum absolute atomic E-state index is 0.303.